The molecule has 0 saturated carbocycles. The first kappa shape index (κ1) is 13.7. The van der Waals surface area contributed by atoms with E-state index in [0.717, 1.165) is 17.8 Å². The number of nitrogens with zero attached hydrogens (tertiary/aromatic N) is 2. The first-order valence-electron chi connectivity index (χ1n) is 5.94. The number of amides is 1. The molecule has 1 atom stereocenters. The van der Waals surface area contributed by atoms with Crippen molar-refractivity contribution in [2.24, 2.45) is 0 Å². The quantitative estimate of drug-likeness (QED) is 0.770. The Hall–Kier alpha value is -1.36. The van der Waals surface area contributed by atoms with Crippen molar-refractivity contribution in [1.82, 2.24) is 15.1 Å². The SMILES string of the molecule is Cc1cc(C)n(CC(=O)NC(C)CCCO)n1. The fourth-order valence-electron chi connectivity index (χ4n) is 1.76. The van der Waals surface area contributed by atoms with Gasteiger partial charge in [0.15, 0.2) is 0 Å². The molecular formula is C12H21N3O2. The van der Waals surface area contributed by atoms with Crippen molar-refractivity contribution >= 4 is 5.91 Å². The number of carbonyl (C=O) groups excluding carboxylic acids is 1. The van der Waals surface area contributed by atoms with Crippen LogP contribution < -0.4 is 5.32 Å². The summed E-state index contributed by atoms with van der Waals surface area (Å²) in [5, 5.41) is 15.8. The lowest BCUT2D eigenvalue weighted by molar-refractivity contribution is -0.122. The molecule has 0 aliphatic carbocycles. The van der Waals surface area contributed by atoms with Gasteiger partial charge >= 0.3 is 0 Å². The van der Waals surface area contributed by atoms with Gasteiger partial charge in [-0.2, -0.15) is 5.10 Å². The molecular weight excluding hydrogens is 218 g/mol. The number of rotatable bonds is 6. The Labute approximate surface area is 102 Å². The van der Waals surface area contributed by atoms with Gasteiger partial charge < -0.3 is 10.4 Å². The Morgan fingerprint density at radius 3 is 2.82 bits per heavy atom. The van der Waals surface area contributed by atoms with Crippen molar-refractivity contribution in [1.29, 1.82) is 0 Å². The number of hydrogen-bond donors (Lipinski definition) is 2. The minimum absolute atomic E-state index is 0.0401. The molecule has 5 nitrogen and oxygen atoms in total. The smallest absolute Gasteiger partial charge is 0.241 e. The second-order valence-corrected chi connectivity index (χ2v) is 4.42. The van der Waals surface area contributed by atoms with Gasteiger partial charge in [0.25, 0.3) is 0 Å². The molecule has 0 aliphatic rings. The molecule has 0 fully saturated rings. The van der Waals surface area contributed by atoms with E-state index in [1.165, 1.54) is 0 Å². The van der Waals surface area contributed by atoms with Crippen molar-refractivity contribution < 1.29 is 9.90 Å². The highest BCUT2D eigenvalue weighted by Gasteiger charge is 2.09. The molecule has 1 heterocycles. The molecule has 0 radical (unpaired) electrons. The predicted molar refractivity (Wildman–Crippen MR) is 65.6 cm³/mol. The summed E-state index contributed by atoms with van der Waals surface area (Å²) in [6.45, 7) is 6.20. The Bertz CT molecular complexity index is 374. The van der Waals surface area contributed by atoms with Crippen molar-refractivity contribution in [2.45, 2.75) is 46.2 Å². The molecule has 0 bridgehead atoms. The number of nitrogens with one attached hydrogen (secondary N) is 1. The minimum atomic E-state index is -0.0401. The maximum Gasteiger partial charge on any atom is 0.241 e. The van der Waals surface area contributed by atoms with E-state index in [-0.39, 0.29) is 25.1 Å². The molecule has 1 rings (SSSR count). The maximum absolute atomic E-state index is 11.7. The molecule has 1 amide bonds. The molecule has 0 aromatic carbocycles. The standard InChI is InChI=1S/C12H21N3O2/c1-9(5-4-6-16)13-12(17)8-15-11(3)7-10(2)14-15/h7,9,16H,4-6,8H2,1-3H3,(H,13,17). The van der Waals surface area contributed by atoms with Crippen LogP contribution in [-0.2, 0) is 11.3 Å². The van der Waals surface area contributed by atoms with Crippen LogP contribution in [0.3, 0.4) is 0 Å². The van der Waals surface area contributed by atoms with Gasteiger partial charge in [0.1, 0.15) is 6.54 Å². The van der Waals surface area contributed by atoms with E-state index in [1.54, 1.807) is 4.68 Å². The average Bonchev–Trinajstić information content (AvgIpc) is 2.54. The number of aryl methyl sites for hydroxylation is 2. The van der Waals surface area contributed by atoms with Crippen LogP contribution in [0, 0.1) is 13.8 Å². The zero-order chi connectivity index (χ0) is 12.8. The minimum Gasteiger partial charge on any atom is -0.396 e. The van der Waals surface area contributed by atoms with Crippen LogP contribution in [0.4, 0.5) is 0 Å². The summed E-state index contributed by atoms with van der Waals surface area (Å²) >= 11 is 0. The van der Waals surface area contributed by atoms with E-state index in [4.69, 9.17) is 5.11 Å². The summed E-state index contributed by atoms with van der Waals surface area (Å²) in [4.78, 5) is 11.7. The van der Waals surface area contributed by atoms with Crippen LogP contribution >= 0.6 is 0 Å². The van der Waals surface area contributed by atoms with Gasteiger partial charge in [-0.3, -0.25) is 9.48 Å². The van der Waals surface area contributed by atoms with E-state index in [0.29, 0.717) is 6.42 Å². The van der Waals surface area contributed by atoms with Crippen molar-refractivity contribution in [3.05, 3.63) is 17.5 Å². The molecule has 96 valence electrons. The first-order valence-corrected chi connectivity index (χ1v) is 5.94. The number of aromatic nitrogens is 2. The van der Waals surface area contributed by atoms with E-state index in [1.807, 2.05) is 26.8 Å². The summed E-state index contributed by atoms with van der Waals surface area (Å²) in [5.74, 6) is -0.0401. The van der Waals surface area contributed by atoms with Gasteiger partial charge in [-0.15, -0.1) is 0 Å². The van der Waals surface area contributed by atoms with Gasteiger partial charge in [-0.1, -0.05) is 0 Å². The Morgan fingerprint density at radius 2 is 2.29 bits per heavy atom. The molecule has 0 saturated heterocycles. The third kappa shape index (κ3) is 4.56. The lowest BCUT2D eigenvalue weighted by atomic mass is 10.2. The first-order chi connectivity index (χ1) is 8.02. The topological polar surface area (TPSA) is 67.2 Å². The van der Waals surface area contributed by atoms with Gasteiger partial charge in [-0.05, 0) is 39.7 Å². The normalized spacial score (nSPS) is 12.5. The number of carbonyl (C=O) groups is 1. The number of aliphatic hydroxyl groups is 1. The molecule has 17 heavy (non-hydrogen) atoms. The molecule has 5 heteroatoms. The van der Waals surface area contributed by atoms with Gasteiger partial charge in [0, 0.05) is 18.3 Å². The summed E-state index contributed by atoms with van der Waals surface area (Å²) in [6.07, 6.45) is 1.50. The Morgan fingerprint density at radius 1 is 1.59 bits per heavy atom. The molecule has 1 aromatic heterocycles. The third-order valence-electron chi connectivity index (χ3n) is 2.60. The zero-order valence-corrected chi connectivity index (χ0v) is 10.7. The summed E-state index contributed by atoms with van der Waals surface area (Å²) in [6, 6.07) is 2.04. The highest BCUT2D eigenvalue weighted by atomic mass is 16.3. The predicted octanol–water partition coefficient (Wildman–Crippen LogP) is 0.777. The molecule has 2 N–H and O–H groups in total. The van der Waals surface area contributed by atoms with E-state index in [9.17, 15) is 4.79 Å². The second kappa shape index (κ2) is 6.39. The van der Waals surface area contributed by atoms with Crippen LogP contribution in [0.5, 0.6) is 0 Å². The molecule has 0 aliphatic heterocycles. The zero-order valence-electron chi connectivity index (χ0n) is 10.7. The largest absolute Gasteiger partial charge is 0.396 e. The average molecular weight is 239 g/mol. The van der Waals surface area contributed by atoms with E-state index >= 15 is 0 Å². The van der Waals surface area contributed by atoms with Crippen LogP contribution in [0.2, 0.25) is 0 Å². The highest BCUT2D eigenvalue weighted by molar-refractivity contribution is 5.76. The lowest BCUT2D eigenvalue weighted by Crippen LogP contribution is -2.35. The van der Waals surface area contributed by atoms with Gasteiger partial charge in [0.2, 0.25) is 5.91 Å². The number of aliphatic hydroxyl groups excluding tert-OH is 1. The van der Waals surface area contributed by atoms with Crippen molar-refractivity contribution in [3.63, 3.8) is 0 Å². The van der Waals surface area contributed by atoms with E-state index in [2.05, 4.69) is 10.4 Å². The summed E-state index contributed by atoms with van der Waals surface area (Å²) < 4.78 is 1.70. The van der Waals surface area contributed by atoms with Crippen molar-refractivity contribution in [3.8, 4) is 0 Å². The van der Waals surface area contributed by atoms with Gasteiger partial charge in [0.05, 0.1) is 5.69 Å². The monoisotopic (exact) mass is 239 g/mol. The van der Waals surface area contributed by atoms with Crippen LogP contribution in [0.25, 0.3) is 0 Å². The van der Waals surface area contributed by atoms with E-state index < -0.39 is 0 Å². The second-order valence-electron chi connectivity index (χ2n) is 4.42. The lowest BCUT2D eigenvalue weighted by Gasteiger charge is -2.13. The number of hydrogen-bond acceptors (Lipinski definition) is 3. The van der Waals surface area contributed by atoms with Crippen LogP contribution in [-0.4, -0.2) is 33.4 Å². The third-order valence-corrected chi connectivity index (χ3v) is 2.60. The van der Waals surface area contributed by atoms with Gasteiger partial charge in [-0.25, -0.2) is 0 Å². The van der Waals surface area contributed by atoms with Crippen LogP contribution in [0.15, 0.2) is 6.07 Å². The van der Waals surface area contributed by atoms with Crippen LogP contribution in [0.1, 0.15) is 31.2 Å². The molecule has 1 aromatic rings. The fourth-order valence-corrected chi connectivity index (χ4v) is 1.76. The summed E-state index contributed by atoms with van der Waals surface area (Å²) in [5.41, 5.74) is 1.91. The molecule has 0 spiro atoms. The Balaban J connectivity index is 2.41. The highest BCUT2D eigenvalue weighted by Crippen LogP contribution is 2.02. The summed E-state index contributed by atoms with van der Waals surface area (Å²) in [7, 11) is 0. The maximum atomic E-state index is 11.7. The molecule has 1 unspecified atom stereocenters. The Kier molecular flexibility index (Phi) is 5.15. The fraction of sp³-hybridized carbons (Fsp3) is 0.667. The van der Waals surface area contributed by atoms with Crippen molar-refractivity contribution in [2.75, 3.05) is 6.61 Å².